The molecule has 4 N–H and O–H groups in total. The largest absolute Gasteiger partial charge is 0.384 e. The molecule has 0 atom stereocenters. The van der Waals surface area contributed by atoms with Crippen LogP contribution in [0.25, 0.3) is 0 Å². The van der Waals surface area contributed by atoms with E-state index in [-0.39, 0.29) is 5.91 Å². The Hall–Kier alpha value is -1.55. The minimum atomic E-state index is -0.388. The molecule has 0 bridgehead atoms. The van der Waals surface area contributed by atoms with Crippen molar-refractivity contribution in [3.8, 4) is 0 Å². The van der Waals surface area contributed by atoms with Crippen LogP contribution in [0.15, 0.2) is 18.2 Å². The summed E-state index contributed by atoms with van der Waals surface area (Å²) < 4.78 is 0. The second kappa shape index (κ2) is 6.25. The van der Waals surface area contributed by atoms with Crippen LogP contribution in [-0.4, -0.2) is 25.0 Å². The van der Waals surface area contributed by atoms with Crippen LogP contribution in [0.2, 0.25) is 0 Å². The van der Waals surface area contributed by atoms with Gasteiger partial charge in [-0.1, -0.05) is 13.8 Å². The van der Waals surface area contributed by atoms with Crippen molar-refractivity contribution in [1.82, 2.24) is 5.32 Å². The molecule has 0 heterocycles. The molecule has 1 amide bonds. The smallest absolute Gasteiger partial charge is 0.248 e. The maximum absolute atomic E-state index is 11.0. The lowest BCUT2D eigenvalue weighted by Gasteiger charge is -2.12. The van der Waals surface area contributed by atoms with Crippen LogP contribution in [0.4, 0.5) is 5.69 Å². The minimum absolute atomic E-state index is 0.388. The number of carbonyl (C=O) groups is 1. The molecular weight excluding hydrogens is 214 g/mol. The van der Waals surface area contributed by atoms with Gasteiger partial charge in [-0.25, -0.2) is 0 Å². The molecule has 1 aromatic carbocycles. The molecule has 0 saturated heterocycles. The maximum Gasteiger partial charge on any atom is 0.248 e. The Balaban J connectivity index is 2.52. The third-order valence-electron chi connectivity index (χ3n) is 2.50. The third-order valence-corrected chi connectivity index (χ3v) is 2.50. The lowest BCUT2D eigenvalue weighted by molar-refractivity contribution is 0.1000. The number of benzene rings is 1. The zero-order chi connectivity index (χ0) is 12.8. The summed E-state index contributed by atoms with van der Waals surface area (Å²) in [6.07, 6.45) is 0. The van der Waals surface area contributed by atoms with Crippen LogP contribution in [0, 0.1) is 6.92 Å². The summed E-state index contributed by atoms with van der Waals surface area (Å²) in [4.78, 5) is 11.0. The number of anilines is 1. The van der Waals surface area contributed by atoms with Crippen molar-refractivity contribution >= 4 is 11.6 Å². The number of hydrogen-bond acceptors (Lipinski definition) is 3. The SMILES string of the molecule is Cc1cc(C(N)=O)ccc1NCCNC(C)C. The van der Waals surface area contributed by atoms with E-state index in [1.165, 1.54) is 0 Å². The van der Waals surface area contributed by atoms with Crippen molar-refractivity contribution in [1.29, 1.82) is 0 Å². The topological polar surface area (TPSA) is 67.2 Å². The zero-order valence-corrected chi connectivity index (χ0v) is 10.7. The Bertz CT molecular complexity index is 388. The fraction of sp³-hybridized carbons (Fsp3) is 0.462. The molecule has 0 aliphatic rings. The molecule has 0 spiro atoms. The standard InChI is InChI=1S/C13H21N3O/c1-9(2)15-6-7-16-12-5-4-11(13(14)17)8-10(12)3/h4-5,8-9,15-16H,6-7H2,1-3H3,(H2,14,17). The van der Waals surface area contributed by atoms with E-state index in [2.05, 4.69) is 24.5 Å². The van der Waals surface area contributed by atoms with Gasteiger partial charge in [0.15, 0.2) is 0 Å². The number of nitrogens with one attached hydrogen (secondary N) is 2. The summed E-state index contributed by atoms with van der Waals surface area (Å²) in [5.74, 6) is -0.388. The van der Waals surface area contributed by atoms with Gasteiger partial charge in [-0.2, -0.15) is 0 Å². The molecular formula is C13H21N3O. The molecule has 94 valence electrons. The van der Waals surface area contributed by atoms with Crippen molar-refractivity contribution in [3.63, 3.8) is 0 Å². The summed E-state index contributed by atoms with van der Waals surface area (Å²) in [6.45, 7) is 7.97. The van der Waals surface area contributed by atoms with E-state index < -0.39 is 0 Å². The van der Waals surface area contributed by atoms with Crippen LogP contribution in [0.5, 0.6) is 0 Å². The molecule has 0 saturated carbocycles. The molecule has 0 fully saturated rings. The number of amides is 1. The second-order valence-corrected chi connectivity index (χ2v) is 4.43. The fourth-order valence-electron chi connectivity index (χ4n) is 1.57. The van der Waals surface area contributed by atoms with Crippen LogP contribution >= 0.6 is 0 Å². The Morgan fingerprint density at radius 2 is 2.06 bits per heavy atom. The number of primary amides is 1. The molecule has 1 aromatic rings. The molecule has 1 rings (SSSR count). The van der Waals surface area contributed by atoms with Crippen LogP contribution < -0.4 is 16.4 Å². The summed E-state index contributed by atoms with van der Waals surface area (Å²) in [6, 6.07) is 5.94. The van der Waals surface area contributed by atoms with Crippen molar-refractivity contribution < 1.29 is 4.79 Å². The van der Waals surface area contributed by atoms with Crippen LogP contribution in [0.1, 0.15) is 29.8 Å². The van der Waals surface area contributed by atoms with E-state index in [0.29, 0.717) is 11.6 Å². The Morgan fingerprint density at radius 3 is 2.59 bits per heavy atom. The number of nitrogens with two attached hydrogens (primary N) is 1. The summed E-state index contributed by atoms with van der Waals surface area (Å²) in [5, 5.41) is 6.65. The number of rotatable bonds is 6. The van der Waals surface area contributed by atoms with E-state index in [0.717, 1.165) is 24.3 Å². The highest BCUT2D eigenvalue weighted by molar-refractivity contribution is 5.93. The molecule has 0 aliphatic heterocycles. The van der Waals surface area contributed by atoms with Gasteiger partial charge < -0.3 is 16.4 Å². The molecule has 0 radical (unpaired) electrons. The van der Waals surface area contributed by atoms with E-state index in [9.17, 15) is 4.79 Å². The molecule has 0 aromatic heterocycles. The van der Waals surface area contributed by atoms with Gasteiger partial charge in [0.1, 0.15) is 0 Å². The first-order chi connectivity index (χ1) is 8.00. The van der Waals surface area contributed by atoms with Gasteiger partial charge in [0.2, 0.25) is 5.91 Å². The highest BCUT2D eigenvalue weighted by atomic mass is 16.1. The van der Waals surface area contributed by atoms with Gasteiger partial charge in [-0.05, 0) is 30.7 Å². The highest BCUT2D eigenvalue weighted by Crippen LogP contribution is 2.15. The molecule has 0 aliphatic carbocycles. The Labute approximate surface area is 103 Å². The predicted molar refractivity (Wildman–Crippen MR) is 71.3 cm³/mol. The van der Waals surface area contributed by atoms with Gasteiger partial charge in [-0.15, -0.1) is 0 Å². The first-order valence-electron chi connectivity index (χ1n) is 5.88. The maximum atomic E-state index is 11.0. The second-order valence-electron chi connectivity index (χ2n) is 4.43. The number of hydrogen-bond donors (Lipinski definition) is 3. The van der Waals surface area contributed by atoms with Crippen molar-refractivity contribution in [2.75, 3.05) is 18.4 Å². The van der Waals surface area contributed by atoms with Gasteiger partial charge >= 0.3 is 0 Å². The molecule has 4 heteroatoms. The van der Waals surface area contributed by atoms with Gasteiger partial charge in [0.05, 0.1) is 0 Å². The molecule has 17 heavy (non-hydrogen) atoms. The number of aryl methyl sites for hydroxylation is 1. The monoisotopic (exact) mass is 235 g/mol. The van der Waals surface area contributed by atoms with E-state index in [4.69, 9.17) is 5.73 Å². The lowest BCUT2D eigenvalue weighted by Crippen LogP contribution is -2.28. The van der Waals surface area contributed by atoms with Crippen molar-refractivity contribution in [2.45, 2.75) is 26.8 Å². The van der Waals surface area contributed by atoms with Crippen molar-refractivity contribution in [2.24, 2.45) is 5.73 Å². The number of carbonyl (C=O) groups excluding carboxylic acids is 1. The van der Waals surface area contributed by atoms with Gasteiger partial charge in [-0.3, -0.25) is 4.79 Å². The minimum Gasteiger partial charge on any atom is -0.384 e. The Kier molecular flexibility index (Phi) is 4.97. The molecule has 0 unspecified atom stereocenters. The predicted octanol–water partition coefficient (Wildman–Crippen LogP) is 1.50. The van der Waals surface area contributed by atoms with E-state index in [1.807, 2.05) is 13.0 Å². The first kappa shape index (κ1) is 13.5. The van der Waals surface area contributed by atoms with Gasteiger partial charge in [0, 0.05) is 30.4 Å². The van der Waals surface area contributed by atoms with Crippen LogP contribution in [-0.2, 0) is 0 Å². The fourth-order valence-corrected chi connectivity index (χ4v) is 1.57. The zero-order valence-electron chi connectivity index (χ0n) is 10.7. The highest BCUT2D eigenvalue weighted by Gasteiger charge is 2.03. The average molecular weight is 235 g/mol. The quantitative estimate of drug-likeness (QED) is 0.655. The average Bonchev–Trinajstić information content (AvgIpc) is 2.25. The lowest BCUT2D eigenvalue weighted by atomic mass is 10.1. The van der Waals surface area contributed by atoms with E-state index in [1.54, 1.807) is 12.1 Å². The summed E-state index contributed by atoms with van der Waals surface area (Å²) in [5.41, 5.74) is 7.84. The van der Waals surface area contributed by atoms with Gasteiger partial charge in [0.25, 0.3) is 0 Å². The normalized spacial score (nSPS) is 10.6. The third kappa shape index (κ3) is 4.44. The van der Waals surface area contributed by atoms with E-state index >= 15 is 0 Å². The summed E-state index contributed by atoms with van der Waals surface area (Å²) in [7, 11) is 0. The first-order valence-corrected chi connectivity index (χ1v) is 5.88. The van der Waals surface area contributed by atoms with Crippen LogP contribution in [0.3, 0.4) is 0 Å². The molecule has 4 nitrogen and oxygen atoms in total. The summed E-state index contributed by atoms with van der Waals surface area (Å²) >= 11 is 0. The van der Waals surface area contributed by atoms with Crippen molar-refractivity contribution in [3.05, 3.63) is 29.3 Å². The Morgan fingerprint density at radius 1 is 1.35 bits per heavy atom.